The Morgan fingerprint density at radius 3 is 2.62 bits per heavy atom. The molecule has 6 heteroatoms. The third-order valence-electron chi connectivity index (χ3n) is 2.68. The largest absolute Gasteiger partial charge is 0.505 e. The fourth-order valence-corrected chi connectivity index (χ4v) is 1.69. The molecule has 0 fully saturated rings. The number of carbonyl (C=O) groups is 2. The third kappa shape index (κ3) is 3.50. The van der Waals surface area contributed by atoms with Crippen LogP contribution in [0.1, 0.15) is 21.9 Å². The second-order valence-electron chi connectivity index (χ2n) is 4.28. The van der Waals surface area contributed by atoms with E-state index in [0.717, 1.165) is 5.76 Å². The summed E-state index contributed by atoms with van der Waals surface area (Å²) in [5.74, 6) is -1.03. The fraction of sp³-hybridized carbons (Fsp3) is 0.0667. The summed E-state index contributed by atoms with van der Waals surface area (Å²) in [5.41, 5.74) is -0.251. The molecule has 0 aliphatic heterocycles. The highest BCUT2D eigenvalue weighted by atomic mass is 16.4. The Morgan fingerprint density at radius 2 is 2.00 bits per heavy atom. The van der Waals surface area contributed by atoms with Gasteiger partial charge in [0.25, 0.3) is 0 Å². The minimum Gasteiger partial charge on any atom is -0.505 e. The molecule has 1 aromatic carbocycles. The molecule has 0 aliphatic rings. The Bertz CT molecular complexity index is 715. The number of hydrogen-bond acceptors (Lipinski definition) is 4. The van der Waals surface area contributed by atoms with E-state index in [1.807, 2.05) is 0 Å². The summed E-state index contributed by atoms with van der Waals surface area (Å²) in [5, 5.41) is 21.0. The molecule has 0 unspecified atom stereocenters. The molecule has 1 amide bonds. The lowest BCUT2D eigenvalue weighted by atomic mass is 10.1. The van der Waals surface area contributed by atoms with Gasteiger partial charge in [0.2, 0.25) is 5.91 Å². The summed E-state index contributed by atoms with van der Waals surface area (Å²) in [6.45, 7) is 1.78. The predicted octanol–water partition coefficient (Wildman–Crippen LogP) is 2.64. The van der Waals surface area contributed by atoms with E-state index in [9.17, 15) is 14.7 Å². The highest BCUT2D eigenvalue weighted by Gasteiger charge is 2.13. The number of anilines is 1. The van der Waals surface area contributed by atoms with E-state index in [-0.39, 0.29) is 11.3 Å². The van der Waals surface area contributed by atoms with Gasteiger partial charge in [-0.25, -0.2) is 4.79 Å². The summed E-state index contributed by atoms with van der Waals surface area (Å²) in [6.07, 6.45) is 2.70. The molecular formula is C15H13NO5. The van der Waals surface area contributed by atoms with E-state index >= 15 is 0 Å². The van der Waals surface area contributed by atoms with Crippen molar-refractivity contribution < 1.29 is 24.2 Å². The number of carboxylic acid groups (broad SMARTS) is 1. The minimum absolute atomic E-state index is 0.0279. The number of furan rings is 1. The van der Waals surface area contributed by atoms with Crippen molar-refractivity contribution in [3.05, 3.63) is 53.5 Å². The van der Waals surface area contributed by atoms with Crippen molar-refractivity contribution >= 4 is 23.6 Å². The normalized spacial score (nSPS) is 10.7. The first-order valence-electron chi connectivity index (χ1n) is 6.08. The first kappa shape index (κ1) is 14.4. The Labute approximate surface area is 120 Å². The number of carboxylic acids is 1. The predicted molar refractivity (Wildman–Crippen MR) is 76.2 cm³/mol. The maximum Gasteiger partial charge on any atom is 0.339 e. The molecule has 108 valence electrons. The highest BCUT2D eigenvalue weighted by molar-refractivity contribution is 6.04. The number of phenols is 1. The molecule has 0 aliphatic carbocycles. The standard InChI is InChI=1S/C15H13NO5/c1-9-5-6-10(21-9)7-8-13(17)16-12-4-2-3-11(14(12)18)15(19)20/h2-8,18H,1H3,(H,16,17)(H,19,20)/b8-7+. The van der Waals surface area contributed by atoms with E-state index in [1.54, 1.807) is 19.1 Å². The van der Waals surface area contributed by atoms with Gasteiger partial charge in [0.15, 0.2) is 5.75 Å². The maximum atomic E-state index is 11.7. The monoisotopic (exact) mass is 287 g/mol. The number of aromatic hydroxyl groups is 1. The molecule has 2 aromatic rings. The zero-order valence-electron chi connectivity index (χ0n) is 11.2. The van der Waals surface area contributed by atoms with Gasteiger partial charge in [-0.15, -0.1) is 0 Å². The molecule has 0 radical (unpaired) electrons. The number of benzene rings is 1. The number of rotatable bonds is 4. The average Bonchev–Trinajstić information content (AvgIpc) is 2.84. The van der Waals surface area contributed by atoms with Crippen LogP contribution in [0.3, 0.4) is 0 Å². The summed E-state index contributed by atoms with van der Waals surface area (Å²) in [4.78, 5) is 22.6. The average molecular weight is 287 g/mol. The van der Waals surface area contributed by atoms with Crippen molar-refractivity contribution in [1.82, 2.24) is 0 Å². The second-order valence-corrected chi connectivity index (χ2v) is 4.28. The fourth-order valence-electron chi connectivity index (χ4n) is 1.69. The molecule has 0 saturated heterocycles. The van der Waals surface area contributed by atoms with Crippen molar-refractivity contribution in [2.75, 3.05) is 5.32 Å². The first-order valence-corrected chi connectivity index (χ1v) is 6.08. The molecule has 0 saturated carbocycles. The number of para-hydroxylation sites is 1. The summed E-state index contributed by atoms with van der Waals surface area (Å²) in [6, 6.07) is 7.55. The van der Waals surface area contributed by atoms with Gasteiger partial charge in [0, 0.05) is 6.08 Å². The molecule has 2 rings (SSSR count). The van der Waals surface area contributed by atoms with Gasteiger partial charge >= 0.3 is 5.97 Å². The Kier molecular flexibility index (Phi) is 4.08. The number of nitrogens with one attached hydrogen (secondary N) is 1. The van der Waals surface area contributed by atoms with Crippen LogP contribution in [-0.4, -0.2) is 22.1 Å². The van der Waals surface area contributed by atoms with E-state index in [0.29, 0.717) is 5.76 Å². The van der Waals surface area contributed by atoms with E-state index in [2.05, 4.69) is 5.32 Å². The quantitative estimate of drug-likeness (QED) is 0.593. The summed E-state index contributed by atoms with van der Waals surface area (Å²) >= 11 is 0. The van der Waals surface area contributed by atoms with Gasteiger partial charge in [0.1, 0.15) is 17.1 Å². The van der Waals surface area contributed by atoms with Crippen molar-refractivity contribution in [3.63, 3.8) is 0 Å². The van der Waals surface area contributed by atoms with E-state index in [1.165, 1.54) is 30.4 Å². The number of aromatic carboxylic acids is 1. The van der Waals surface area contributed by atoms with Gasteiger partial charge in [-0.2, -0.15) is 0 Å². The van der Waals surface area contributed by atoms with Gasteiger partial charge in [-0.05, 0) is 37.3 Å². The van der Waals surface area contributed by atoms with Crippen LogP contribution in [0.5, 0.6) is 5.75 Å². The third-order valence-corrected chi connectivity index (χ3v) is 2.68. The molecule has 1 aromatic heterocycles. The van der Waals surface area contributed by atoms with Crippen LogP contribution in [0.25, 0.3) is 6.08 Å². The molecule has 3 N–H and O–H groups in total. The first-order chi connectivity index (χ1) is 9.97. The summed E-state index contributed by atoms with van der Waals surface area (Å²) < 4.78 is 5.26. The Morgan fingerprint density at radius 1 is 1.24 bits per heavy atom. The van der Waals surface area contributed by atoms with Crippen LogP contribution in [0.2, 0.25) is 0 Å². The van der Waals surface area contributed by atoms with Gasteiger partial charge < -0.3 is 19.9 Å². The van der Waals surface area contributed by atoms with Crippen LogP contribution in [0.15, 0.2) is 40.8 Å². The van der Waals surface area contributed by atoms with Crippen molar-refractivity contribution in [3.8, 4) is 5.75 Å². The van der Waals surface area contributed by atoms with Gasteiger partial charge in [0.05, 0.1) is 5.69 Å². The lowest BCUT2D eigenvalue weighted by Crippen LogP contribution is -2.09. The van der Waals surface area contributed by atoms with Crippen LogP contribution in [-0.2, 0) is 4.79 Å². The van der Waals surface area contributed by atoms with Crippen LogP contribution < -0.4 is 5.32 Å². The van der Waals surface area contributed by atoms with E-state index < -0.39 is 17.6 Å². The van der Waals surface area contributed by atoms with Crippen LogP contribution in [0, 0.1) is 6.92 Å². The lowest BCUT2D eigenvalue weighted by Gasteiger charge is -2.07. The molecule has 0 bridgehead atoms. The number of hydrogen-bond donors (Lipinski definition) is 3. The van der Waals surface area contributed by atoms with Crippen molar-refractivity contribution in [2.45, 2.75) is 6.92 Å². The smallest absolute Gasteiger partial charge is 0.339 e. The highest BCUT2D eigenvalue weighted by Crippen LogP contribution is 2.27. The minimum atomic E-state index is -1.27. The second kappa shape index (κ2) is 5.96. The SMILES string of the molecule is Cc1ccc(/C=C/C(=O)Nc2cccc(C(=O)O)c2O)o1. The summed E-state index contributed by atoms with van der Waals surface area (Å²) in [7, 11) is 0. The number of amides is 1. The molecule has 6 nitrogen and oxygen atoms in total. The van der Waals surface area contributed by atoms with Gasteiger partial charge in [-0.3, -0.25) is 4.79 Å². The molecule has 1 heterocycles. The Balaban J connectivity index is 2.11. The Hall–Kier alpha value is -3.02. The number of aryl methyl sites for hydroxylation is 1. The van der Waals surface area contributed by atoms with Crippen molar-refractivity contribution in [1.29, 1.82) is 0 Å². The molecule has 21 heavy (non-hydrogen) atoms. The zero-order chi connectivity index (χ0) is 15.4. The van der Waals surface area contributed by atoms with Crippen molar-refractivity contribution in [2.24, 2.45) is 0 Å². The van der Waals surface area contributed by atoms with Crippen LogP contribution in [0.4, 0.5) is 5.69 Å². The molecule has 0 atom stereocenters. The lowest BCUT2D eigenvalue weighted by molar-refractivity contribution is -0.111. The van der Waals surface area contributed by atoms with Gasteiger partial charge in [-0.1, -0.05) is 6.07 Å². The maximum absolute atomic E-state index is 11.7. The number of carbonyl (C=O) groups excluding carboxylic acids is 1. The van der Waals surface area contributed by atoms with E-state index in [4.69, 9.17) is 9.52 Å². The zero-order valence-corrected chi connectivity index (χ0v) is 11.2. The molecular weight excluding hydrogens is 274 g/mol. The topological polar surface area (TPSA) is 99.8 Å². The van der Waals surface area contributed by atoms with Crippen LogP contribution >= 0.6 is 0 Å². The molecule has 0 spiro atoms.